The van der Waals surface area contributed by atoms with Gasteiger partial charge >= 0.3 is 0 Å². The van der Waals surface area contributed by atoms with E-state index in [4.69, 9.17) is 0 Å². The number of pyridine rings is 2. The average molecular weight is 527 g/mol. The number of hydrogen-bond donors (Lipinski definition) is 4. The summed E-state index contributed by atoms with van der Waals surface area (Å²) < 4.78 is 0. The van der Waals surface area contributed by atoms with Crippen LogP contribution in [0.25, 0.3) is 0 Å². The summed E-state index contributed by atoms with van der Waals surface area (Å²) in [5, 5.41) is 0. The number of nitrogens with one attached hydrogen (secondary N) is 4. The molecule has 0 aliphatic heterocycles. The van der Waals surface area contributed by atoms with E-state index < -0.39 is 0 Å². The normalized spacial score (nSPS) is 32.9. The summed E-state index contributed by atoms with van der Waals surface area (Å²) in [5.74, 6) is 2.21. The summed E-state index contributed by atoms with van der Waals surface area (Å²) in [5.41, 5.74) is 16.1. The predicted octanol–water partition coefficient (Wildman–Crippen LogP) is 4.68. The van der Waals surface area contributed by atoms with Crippen LogP contribution in [-0.2, 0) is 0 Å². The lowest BCUT2D eigenvalue weighted by Crippen LogP contribution is -2.54. The fourth-order valence-corrected chi connectivity index (χ4v) is 8.14. The molecule has 39 heavy (non-hydrogen) atoms. The first-order valence-corrected chi connectivity index (χ1v) is 14.2. The Bertz CT molecular complexity index is 1290. The first-order chi connectivity index (χ1) is 18.9. The third kappa shape index (κ3) is 4.60. The molecule has 6 atom stereocenters. The number of nitrogens with zero attached hydrogens (tertiary/aromatic N) is 2. The van der Waals surface area contributed by atoms with Crippen LogP contribution in [0.2, 0.25) is 0 Å². The van der Waals surface area contributed by atoms with Gasteiger partial charge in [-0.15, -0.1) is 0 Å². The number of aromatic nitrogens is 2. The highest BCUT2D eigenvalue weighted by molar-refractivity contribution is 5.94. The second kappa shape index (κ2) is 10.1. The van der Waals surface area contributed by atoms with Gasteiger partial charge in [-0.3, -0.25) is 30.4 Å². The second-order valence-corrected chi connectivity index (χ2v) is 12.2. The van der Waals surface area contributed by atoms with Crippen LogP contribution in [0.5, 0.6) is 0 Å². The van der Waals surface area contributed by atoms with E-state index >= 15 is 0 Å². The predicted molar refractivity (Wildman–Crippen MR) is 148 cm³/mol. The zero-order valence-electron chi connectivity index (χ0n) is 22.7. The number of hydrazine groups is 2. The Kier molecular flexibility index (Phi) is 6.65. The molecule has 0 aromatic carbocycles. The minimum atomic E-state index is -0.142. The number of allylic oxidation sites excluding steroid dienone is 4. The Hall–Kier alpha value is -3.68. The zero-order valence-corrected chi connectivity index (χ0v) is 22.7. The molecule has 6 rings (SSSR count). The topological polar surface area (TPSA) is 108 Å². The van der Waals surface area contributed by atoms with Crippen LogP contribution in [0.3, 0.4) is 0 Å². The van der Waals surface area contributed by atoms with Crippen LogP contribution in [0.15, 0.2) is 72.6 Å². The molecule has 2 saturated carbocycles. The third-order valence-electron chi connectivity index (χ3n) is 10.4. The summed E-state index contributed by atoms with van der Waals surface area (Å²) in [7, 11) is 0. The average Bonchev–Trinajstić information content (AvgIpc) is 3.31. The smallest absolute Gasteiger partial charge is 0.269 e. The van der Waals surface area contributed by atoms with Gasteiger partial charge in [0, 0.05) is 52.7 Å². The van der Waals surface area contributed by atoms with E-state index in [0.717, 1.165) is 31.4 Å². The fraction of sp³-hybridized carbons (Fsp3) is 0.484. The number of rotatable bonds is 6. The third-order valence-corrected chi connectivity index (χ3v) is 10.4. The molecule has 204 valence electrons. The van der Waals surface area contributed by atoms with Crippen LogP contribution < -0.4 is 21.7 Å². The molecule has 0 saturated heterocycles. The molecule has 4 N–H and O–H groups in total. The van der Waals surface area contributed by atoms with Crippen molar-refractivity contribution >= 4 is 11.8 Å². The SMILES string of the molecule is C[C@@]12CCC(NNC(=O)c3ccncc3)=C[C@H]1CC[C@@H]1[C@H]3CC=C(NNC(=O)c4ccncc4)[C@@]3(C)CC[C@@H]12. The highest BCUT2D eigenvalue weighted by atomic mass is 16.2. The molecule has 2 amide bonds. The van der Waals surface area contributed by atoms with Gasteiger partial charge in [0.2, 0.25) is 0 Å². The van der Waals surface area contributed by atoms with Gasteiger partial charge in [0.15, 0.2) is 0 Å². The van der Waals surface area contributed by atoms with Crippen LogP contribution in [-0.4, -0.2) is 21.8 Å². The van der Waals surface area contributed by atoms with E-state index in [9.17, 15) is 9.59 Å². The largest absolute Gasteiger partial charge is 0.303 e. The number of carbonyl (C=O) groups is 2. The van der Waals surface area contributed by atoms with Crippen molar-refractivity contribution in [3.05, 3.63) is 83.7 Å². The van der Waals surface area contributed by atoms with Gasteiger partial charge in [0.1, 0.15) is 0 Å². The maximum absolute atomic E-state index is 12.6. The van der Waals surface area contributed by atoms with E-state index in [2.05, 4.69) is 57.7 Å². The molecule has 4 aliphatic rings. The fourth-order valence-electron chi connectivity index (χ4n) is 8.14. The molecule has 0 bridgehead atoms. The lowest BCUT2D eigenvalue weighted by molar-refractivity contribution is -0.0783. The Labute approximate surface area is 230 Å². The van der Waals surface area contributed by atoms with Gasteiger partial charge in [-0.05, 0) is 98.3 Å². The van der Waals surface area contributed by atoms with Gasteiger partial charge < -0.3 is 10.9 Å². The van der Waals surface area contributed by atoms with Crippen molar-refractivity contribution in [1.29, 1.82) is 0 Å². The summed E-state index contributed by atoms with van der Waals surface area (Å²) in [6.45, 7) is 4.90. The van der Waals surface area contributed by atoms with E-state index in [1.54, 1.807) is 49.1 Å². The van der Waals surface area contributed by atoms with Crippen LogP contribution in [0.1, 0.15) is 79.5 Å². The first-order valence-electron chi connectivity index (χ1n) is 14.2. The summed E-state index contributed by atoms with van der Waals surface area (Å²) in [4.78, 5) is 33.1. The maximum atomic E-state index is 12.6. The van der Waals surface area contributed by atoms with E-state index in [1.807, 2.05) is 0 Å². The molecule has 2 fully saturated rings. The van der Waals surface area contributed by atoms with Crippen LogP contribution in [0.4, 0.5) is 0 Å². The van der Waals surface area contributed by atoms with Crippen molar-refractivity contribution in [3.8, 4) is 0 Å². The van der Waals surface area contributed by atoms with Crippen LogP contribution >= 0.6 is 0 Å². The number of hydrogen-bond acceptors (Lipinski definition) is 6. The van der Waals surface area contributed by atoms with Crippen molar-refractivity contribution in [2.75, 3.05) is 0 Å². The quantitative estimate of drug-likeness (QED) is 0.407. The van der Waals surface area contributed by atoms with E-state index in [-0.39, 0.29) is 22.6 Å². The van der Waals surface area contributed by atoms with Crippen molar-refractivity contribution in [2.24, 2.45) is 34.5 Å². The van der Waals surface area contributed by atoms with Crippen molar-refractivity contribution in [1.82, 2.24) is 31.7 Å². The summed E-state index contributed by atoms with van der Waals surface area (Å²) in [6, 6.07) is 6.89. The second-order valence-electron chi connectivity index (χ2n) is 12.2. The highest BCUT2D eigenvalue weighted by Crippen LogP contribution is 2.65. The Morgan fingerprint density at radius 1 is 0.821 bits per heavy atom. The highest BCUT2D eigenvalue weighted by Gasteiger charge is 2.58. The van der Waals surface area contributed by atoms with Gasteiger partial charge in [0.05, 0.1) is 0 Å². The molecular weight excluding hydrogens is 488 g/mol. The van der Waals surface area contributed by atoms with Gasteiger partial charge in [0.25, 0.3) is 11.8 Å². The standard InChI is InChI=1S/C31H38N6O2/c1-30-13-7-23(34-36-28(38)20-9-15-32-16-10-20)19-22(30)3-4-24-25-5-6-27(31(25,2)14-8-26(24)30)35-37-29(39)21-11-17-33-18-12-21/h6,9-12,15-19,22,24-26,34-35H,3-5,7-8,13-14H2,1-2H3,(H,36,38)(H,37,39)/t22-,24-,25-,26+,30-,31+/m1/s1. The first kappa shape index (κ1) is 25.6. The maximum Gasteiger partial charge on any atom is 0.269 e. The number of fused-ring (bicyclic) bond motifs is 5. The Morgan fingerprint density at radius 3 is 2.13 bits per heavy atom. The van der Waals surface area contributed by atoms with Crippen molar-refractivity contribution in [3.63, 3.8) is 0 Å². The minimum Gasteiger partial charge on any atom is -0.303 e. The Morgan fingerprint density at radius 2 is 1.46 bits per heavy atom. The monoisotopic (exact) mass is 526 g/mol. The molecule has 8 heteroatoms. The molecule has 0 spiro atoms. The summed E-state index contributed by atoms with van der Waals surface area (Å²) >= 11 is 0. The molecule has 0 radical (unpaired) electrons. The minimum absolute atomic E-state index is 0.0599. The Balaban J connectivity index is 1.09. The van der Waals surface area contributed by atoms with Crippen LogP contribution in [0, 0.1) is 34.5 Å². The van der Waals surface area contributed by atoms with Crippen molar-refractivity contribution < 1.29 is 9.59 Å². The molecular formula is C31H38N6O2. The lowest BCUT2D eigenvalue weighted by atomic mass is 9.46. The lowest BCUT2D eigenvalue weighted by Gasteiger charge is -2.59. The van der Waals surface area contributed by atoms with E-state index in [1.165, 1.54) is 25.0 Å². The summed E-state index contributed by atoms with van der Waals surface area (Å²) in [6.07, 6.45) is 19.1. The molecule has 2 heterocycles. The van der Waals surface area contributed by atoms with Gasteiger partial charge in [-0.2, -0.15) is 0 Å². The number of amides is 2. The molecule has 2 aromatic heterocycles. The van der Waals surface area contributed by atoms with Gasteiger partial charge in [-0.25, -0.2) is 0 Å². The van der Waals surface area contributed by atoms with E-state index in [0.29, 0.717) is 34.8 Å². The van der Waals surface area contributed by atoms with Gasteiger partial charge in [-0.1, -0.05) is 26.0 Å². The zero-order chi connectivity index (χ0) is 27.0. The molecule has 8 nitrogen and oxygen atoms in total. The van der Waals surface area contributed by atoms with Crippen molar-refractivity contribution in [2.45, 2.75) is 58.8 Å². The molecule has 4 aliphatic carbocycles. The molecule has 2 aromatic rings. The molecule has 0 unspecified atom stereocenters. The number of carbonyl (C=O) groups excluding carboxylic acids is 2.